The van der Waals surface area contributed by atoms with Gasteiger partial charge in [-0.05, 0) is 28.6 Å². The molecule has 1 N–H and O–H groups in total. The molecule has 0 spiro atoms. The fourth-order valence-electron chi connectivity index (χ4n) is 3.20. The third-order valence-corrected chi connectivity index (χ3v) is 4.81. The average molecular weight is 445 g/mol. The lowest BCUT2D eigenvalue weighted by atomic mass is 10.1. The second-order valence-electron chi connectivity index (χ2n) is 6.81. The predicted molar refractivity (Wildman–Crippen MR) is 105 cm³/mol. The van der Waals surface area contributed by atoms with Crippen molar-refractivity contribution in [1.82, 2.24) is 30.5 Å². The summed E-state index contributed by atoms with van der Waals surface area (Å²) in [6.45, 7) is -0.101. The first-order chi connectivity index (χ1) is 15.4. The van der Waals surface area contributed by atoms with Crippen LogP contribution in [-0.2, 0) is 16.5 Å². The number of carbonyl (C=O) groups is 2. The highest BCUT2D eigenvalue weighted by molar-refractivity contribution is 5.90. The maximum atomic E-state index is 14.9. The summed E-state index contributed by atoms with van der Waals surface area (Å²) in [6.07, 6.45) is -0.914. The van der Waals surface area contributed by atoms with Gasteiger partial charge in [-0.2, -0.15) is 0 Å². The molecule has 32 heavy (non-hydrogen) atoms. The Morgan fingerprint density at radius 1 is 1.28 bits per heavy atom. The molecule has 2 aromatic heterocycles. The lowest BCUT2D eigenvalue weighted by molar-refractivity contribution is 0.132. The lowest BCUT2D eigenvalue weighted by Crippen LogP contribution is -2.34. The van der Waals surface area contributed by atoms with E-state index in [2.05, 4.69) is 30.6 Å². The Bertz CT molecular complexity index is 1170. The molecule has 0 saturated carbocycles. The zero-order valence-corrected chi connectivity index (χ0v) is 17.0. The van der Waals surface area contributed by atoms with Gasteiger partial charge in [-0.25, -0.2) is 23.1 Å². The molecule has 2 amide bonds. The third-order valence-electron chi connectivity index (χ3n) is 4.81. The molecule has 11 nitrogen and oxygen atoms in total. The van der Waals surface area contributed by atoms with Crippen molar-refractivity contribution in [2.45, 2.75) is 6.10 Å². The highest BCUT2D eigenvalue weighted by Crippen LogP contribution is 2.32. The molecule has 0 aliphatic carbocycles. The molecule has 1 atom stereocenters. The highest BCUT2D eigenvalue weighted by atomic mass is 19.2. The molecule has 1 fully saturated rings. The molecule has 0 unspecified atom stereocenters. The van der Waals surface area contributed by atoms with E-state index in [0.29, 0.717) is 17.1 Å². The maximum Gasteiger partial charge on any atom is 0.414 e. The van der Waals surface area contributed by atoms with Gasteiger partial charge in [0, 0.05) is 24.4 Å². The van der Waals surface area contributed by atoms with Gasteiger partial charge >= 0.3 is 12.2 Å². The SMILES string of the molecule is COC(=O)NC[C@H]1CN(c2ccc(-c3ccc(-c4nnnn4C)nc3)c(F)c2F)C(=O)O1. The number of hydrogen-bond acceptors (Lipinski definition) is 8. The third kappa shape index (κ3) is 3.91. The van der Waals surface area contributed by atoms with Crippen molar-refractivity contribution in [3.8, 4) is 22.6 Å². The number of pyridine rings is 1. The normalized spacial score (nSPS) is 15.6. The second-order valence-corrected chi connectivity index (χ2v) is 6.81. The number of amides is 2. The quantitative estimate of drug-likeness (QED) is 0.632. The number of hydrogen-bond donors (Lipinski definition) is 1. The number of rotatable bonds is 5. The maximum absolute atomic E-state index is 14.9. The Hall–Kier alpha value is -4.16. The van der Waals surface area contributed by atoms with Crippen molar-refractivity contribution in [3.63, 3.8) is 0 Å². The zero-order chi connectivity index (χ0) is 22.8. The number of halogens is 2. The number of nitrogens with one attached hydrogen (secondary N) is 1. The van der Waals surface area contributed by atoms with Gasteiger partial charge in [0.05, 0.1) is 25.9 Å². The van der Waals surface area contributed by atoms with Crippen LogP contribution in [0.1, 0.15) is 0 Å². The molecule has 3 aromatic rings. The van der Waals surface area contributed by atoms with E-state index in [1.807, 2.05) is 0 Å². The summed E-state index contributed by atoms with van der Waals surface area (Å²) in [4.78, 5) is 28.5. The molecule has 0 radical (unpaired) electrons. The van der Waals surface area contributed by atoms with Crippen LogP contribution in [0.5, 0.6) is 0 Å². The van der Waals surface area contributed by atoms with Crippen LogP contribution in [-0.4, -0.2) is 63.7 Å². The number of benzene rings is 1. The number of ether oxygens (including phenoxy) is 2. The minimum absolute atomic E-state index is 0.0298. The average Bonchev–Trinajstić information content (AvgIpc) is 3.39. The van der Waals surface area contributed by atoms with E-state index in [4.69, 9.17) is 4.74 Å². The molecule has 1 aliphatic rings. The standard InChI is InChI=1S/C19H17F2N7O4/c1-27-17(24-25-26-27)13-5-3-10(7-22-13)12-4-6-14(16(21)15(12)20)28-9-11(32-19(28)30)8-23-18(29)31-2/h3-7,11H,8-9H2,1-2H3,(H,23,29)/t11-/m0/s1. The molecular formula is C19H17F2N7O4. The summed E-state index contributed by atoms with van der Waals surface area (Å²) in [6, 6.07) is 5.78. The second kappa shape index (κ2) is 8.53. The van der Waals surface area contributed by atoms with E-state index in [0.717, 1.165) is 4.90 Å². The molecule has 166 valence electrons. The van der Waals surface area contributed by atoms with E-state index in [1.54, 1.807) is 19.2 Å². The first-order valence-electron chi connectivity index (χ1n) is 9.36. The molecule has 4 rings (SSSR count). The van der Waals surface area contributed by atoms with Gasteiger partial charge in [0.25, 0.3) is 0 Å². The van der Waals surface area contributed by atoms with Gasteiger partial charge in [-0.3, -0.25) is 9.88 Å². The molecule has 1 aliphatic heterocycles. The minimum atomic E-state index is -1.21. The van der Waals surface area contributed by atoms with E-state index < -0.39 is 29.9 Å². The van der Waals surface area contributed by atoms with Gasteiger partial charge in [0.15, 0.2) is 17.5 Å². The first-order valence-corrected chi connectivity index (χ1v) is 9.36. The molecule has 0 bridgehead atoms. The van der Waals surface area contributed by atoms with Crippen molar-refractivity contribution < 1.29 is 27.8 Å². The number of anilines is 1. The lowest BCUT2D eigenvalue weighted by Gasteiger charge is -2.16. The van der Waals surface area contributed by atoms with Gasteiger partial charge in [0.2, 0.25) is 0 Å². The van der Waals surface area contributed by atoms with Gasteiger partial charge < -0.3 is 14.8 Å². The van der Waals surface area contributed by atoms with E-state index in [1.165, 1.54) is 30.1 Å². The number of alkyl carbamates (subject to hydrolysis) is 1. The summed E-state index contributed by atoms with van der Waals surface area (Å²) in [5, 5.41) is 13.5. The molecular weight excluding hydrogens is 428 g/mol. The number of methoxy groups -OCH3 is 1. The molecule has 1 aromatic carbocycles. The van der Waals surface area contributed by atoms with Crippen LogP contribution in [0.15, 0.2) is 30.5 Å². The molecule has 13 heteroatoms. The number of aromatic nitrogens is 5. The highest BCUT2D eigenvalue weighted by Gasteiger charge is 2.35. The number of cyclic esters (lactones) is 1. The van der Waals surface area contributed by atoms with E-state index in [-0.39, 0.29) is 24.3 Å². The van der Waals surface area contributed by atoms with Crippen LogP contribution in [0, 0.1) is 11.6 Å². The van der Waals surface area contributed by atoms with Crippen LogP contribution in [0.25, 0.3) is 22.6 Å². The van der Waals surface area contributed by atoms with Crippen LogP contribution in [0.3, 0.4) is 0 Å². The minimum Gasteiger partial charge on any atom is -0.453 e. The largest absolute Gasteiger partial charge is 0.453 e. The molecule has 3 heterocycles. The summed E-state index contributed by atoms with van der Waals surface area (Å²) >= 11 is 0. The number of aryl methyl sites for hydroxylation is 1. The molecule has 1 saturated heterocycles. The van der Waals surface area contributed by atoms with Crippen molar-refractivity contribution in [3.05, 3.63) is 42.1 Å². The summed E-state index contributed by atoms with van der Waals surface area (Å²) in [5.41, 5.74) is 0.491. The van der Waals surface area contributed by atoms with Crippen molar-refractivity contribution in [2.24, 2.45) is 7.05 Å². The Kier molecular flexibility index (Phi) is 5.62. The smallest absolute Gasteiger partial charge is 0.414 e. The number of nitrogens with zero attached hydrogens (tertiary/aromatic N) is 6. The Balaban J connectivity index is 1.54. The van der Waals surface area contributed by atoms with Crippen molar-refractivity contribution in [2.75, 3.05) is 25.1 Å². The number of tetrazole rings is 1. The van der Waals surface area contributed by atoms with Crippen LogP contribution in [0.4, 0.5) is 24.1 Å². The fourth-order valence-corrected chi connectivity index (χ4v) is 3.20. The van der Waals surface area contributed by atoms with Crippen molar-refractivity contribution in [1.29, 1.82) is 0 Å². The fraction of sp³-hybridized carbons (Fsp3) is 0.263. The summed E-state index contributed by atoms with van der Waals surface area (Å²) in [7, 11) is 2.84. The van der Waals surface area contributed by atoms with Gasteiger partial charge in [-0.1, -0.05) is 6.07 Å². The first kappa shape index (κ1) is 21.1. The van der Waals surface area contributed by atoms with Crippen LogP contribution >= 0.6 is 0 Å². The van der Waals surface area contributed by atoms with E-state index >= 15 is 0 Å². The Morgan fingerprint density at radius 2 is 2.09 bits per heavy atom. The Labute approximate surface area is 179 Å². The van der Waals surface area contributed by atoms with E-state index in [9.17, 15) is 18.4 Å². The van der Waals surface area contributed by atoms with Crippen molar-refractivity contribution >= 4 is 17.9 Å². The Morgan fingerprint density at radius 3 is 2.75 bits per heavy atom. The number of carbonyl (C=O) groups excluding carboxylic acids is 2. The van der Waals surface area contributed by atoms with Crippen LogP contribution < -0.4 is 10.2 Å². The monoisotopic (exact) mass is 445 g/mol. The van der Waals surface area contributed by atoms with Gasteiger partial charge in [0.1, 0.15) is 11.8 Å². The summed E-state index contributed by atoms with van der Waals surface area (Å²) in [5.74, 6) is -1.92. The summed E-state index contributed by atoms with van der Waals surface area (Å²) < 4.78 is 40.7. The topological polar surface area (TPSA) is 124 Å². The van der Waals surface area contributed by atoms with Gasteiger partial charge in [-0.15, -0.1) is 5.10 Å². The predicted octanol–water partition coefficient (Wildman–Crippen LogP) is 1.90. The van der Waals surface area contributed by atoms with Crippen LogP contribution in [0.2, 0.25) is 0 Å². The zero-order valence-electron chi connectivity index (χ0n) is 17.0.